The van der Waals surface area contributed by atoms with Crippen LogP contribution in [0.1, 0.15) is 15.9 Å². The Bertz CT molecular complexity index is 742. The van der Waals surface area contributed by atoms with Crippen molar-refractivity contribution in [3.05, 3.63) is 40.1 Å². The molecule has 2 aromatic heterocycles. The monoisotopic (exact) mass is 259 g/mol. The second kappa shape index (κ2) is 3.96. The average molecular weight is 259 g/mol. The van der Waals surface area contributed by atoms with Crippen LogP contribution in [-0.4, -0.2) is 16.1 Å². The molecule has 0 aliphatic rings. The Morgan fingerprint density at radius 2 is 2.22 bits per heavy atom. The van der Waals surface area contributed by atoms with Crippen LogP contribution in [0, 0.1) is 6.92 Å². The van der Waals surface area contributed by atoms with Crippen molar-refractivity contribution in [2.24, 2.45) is 0 Å². The maximum Gasteiger partial charge on any atom is 0.335 e. The summed E-state index contributed by atoms with van der Waals surface area (Å²) in [6.07, 6.45) is 0. The van der Waals surface area contributed by atoms with Gasteiger partial charge in [0.1, 0.15) is 5.52 Å². The summed E-state index contributed by atoms with van der Waals surface area (Å²) in [5.41, 5.74) is 3.42. The highest BCUT2D eigenvalue weighted by Crippen LogP contribution is 2.29. The number of hydrogen-bond donors (Lipinski definition) is 1. The number of carboxylic acids is 1. The molecule has 0 aliphatic carbocycles. The van der Waals surface area contributed by atoms with E-state index in [0.717, 1.165) is 11.1 Å². The van der Waals surface area contributed by atoms with Crippen molar-refractivity contribution >= 4 is 28.4 Å². The third-order valence-electron chi connectivity index (χ3n) is 2.72. The molecule has 2 heterocycles. The van der Waals surface area contributed by atoms with Crippen molar-refractivity contribution in [1.29, 1.82) is 0 Å². The first-order valence-electron chi connectivity index (χ1n) is 5.32. The summed E-state index contributed by atoms with van der Waals surface area (Å²) in [5, 5.41) is 12.9. The lowest BCUT2D eigenvalue weighted by atomic mass is 10.2. The molecule has 18 heavy (non-hydrogen) atoms. The van der Waals surface area contributed by atoms with Crippen molar-refractivity contribution in [3.63, 3.8) is 0 Å². The molecule has 0 unspecified atom stereocenters. The molecule has 3 aromatic rings. The fourth-order valence-corrected chi connectivity index (χ4v) is 2.57. The molecular formula is C13H9NO3S. The van der Waals surface area contributed by atoms with Crippen LogP contribution in [0.5, 0.6) is 0 Å². The third-order valence-corrected chi connectivity index (χ3v) is 3.58. The highest BCUT2D eigenvalue weighted by atomic mass is 32.1. The number of oxazole rings is 1. The van der Waals surface area contributed by atoms with Gasteiger partial charge in [-0.2, -0.15) is 11.3 Å². The summed E-state index contributed by atoms with van der Waals surface area (Å²) in [5.74, 6) is -0.437. The minimum atomic E-state index is -0.971. The van der Waals surface area contributed by atoms with E-state index in [2.05, 4.69) is 4.98 Å². The first kappa shape index (κ1) is 11.0. The first-order chi connectivity index (χ1) is 8.65. The molecule has 90 valence electrons. The summed E-state index contributed by atoms with van der Waals surface area (Å²) in [7, 11) is 0. The van der Waals surface area contributed by atoms with E-state index >= 15 is 0 Å². The summed E-state index contributed by atoms with van der Waals surface area (Å²) >= 11 is 1.58. The number of thiophene rings is 1. The average Bonchev–Trinajstić information content (AvgIpc) is 2.92. The van der Waals surface area contributed by atoms with Gasteiger partial charge in [0, 0.05) is 5.38 Å². The van der Waals surface area contributed by atoms with Gasteiger partial charge in [-0.1, -0.05) is 0 Å². The van der Waals surface area contributed by atoms with Gasteiger partial charge in [-0.15, -0.1) is 0 Å². The van der Waals surface area contributed by atoms with Crippen LogP contribution in [0.2, 0.25) is 0 Å². The van der Waals surface area contributed by atoms with Crippen molar-refractivity contribution < 1.29 is 14.3 Å². The molecule has 4 nitrogen and oxygen atoms in total. The van der Waals surface area contributed by atoms with Crippen LogP contribution >= 0.6 is 11.3 Å². The van der Waals surface area contributed by atoms with Crippen LogP contribution in [0.4, 0.5) is 0 Å². The smallest absolute Gasteiger partial charge is 0.335 e. The van der Waals surface area contributed by atoms with Crippen LogP contribution in [0.15, 0.2) is 33.4 Å². The van der Waals surface area contributed by atoms with Gasteiger partial charge in [0.05, 0.1) is 11.1 Å². The molecule has 0 saturated carbocycles. The van der Waals surface area contributed by atoms with Gasteiger partial charge in [-0.25, -0.2) is 9.78 Å². The molecule has 1 aromatic carbocycles. The normalized spacial score (nSPS) is 10.9. The minimum absolute atomic E-state index is 0.201. The lowest BCUT2D eigenvalue weighted by molar-refractivity contribution is 0.0697. The van der Waals surface area contributed by atoms with Crippen LogP contribution in [-0.2, 0) is 0 Å². The molecule has 5 heteroatoms. The Kier molecular flexibility index (Phi) is 2.41. The van der Waals surface area contributed by atoms with E-state index in [1.165, 1.54) is 12.1 Å². The standard InChI is InChI=1S/C13H9NO3S/c1-7-5-18-6-9(7)12-14-10-3-2-8(13(15)16)4-11(10)17-12/h2-6H,1H3,(H,15,16). The number of rotatable bonds is 2. The predicted octanol–water partition coefficient (Wildman–Crippen LogP) is 3.56. The van der Waals surface area contributed by atoms with E-state index in [9.17, 15) is 4.79 Å². The number of aromatic carboxylic acids is 1. The summed E-state index contributed by atoms with van der Waals surface area (Å²) in [4.78, 5) is 15.2. The largest absolute Gasteiger partial charge is 0.478 e. The Hall–Kier alpha value is -2.14. The number of carbonyl (C=O) groups is 1. The zero-order chi connectivity index (χ0) is 12.7. The van der Waals surface area contributed by atoms with Crippen LogP contribution in [0.3, 0.4) is 0 Å². The number of aromatic nitrogens is 1. The lowest BCUT2D eigenvalue weighted by Crippen LogP contribution is -1.94. The molecule has 0 radical (unpaired) electrons. The first-order valence-corrected chi connectivity index (χ1v) is 6.26. The van der Waals surface area contributed by atoms with E-state index in [1.807, 2.05) is 17.7 Å². The second-order valence-corrected chi connectivity index (χ2v) is 4.72. The number of aryl methyl sites for hydroxylation is 1. The quantitative estimate of drug-likeness (QED) is 0.764. The molecule has 0 aliphatic heterocycles. The van der Waals surface area contributed by atoms with Crippen molar-refractivity contribution in [3.8, 4) is 11.5 Å². The molecule has 3 rings (SSSR count). The summed E-state index contributed by atoms with van der Waals surface area (Å²) in [6.45, 7) is 1.99. The maximum absolute atomic E-state index is 10.9. The molecule has 0 saturated heterocycles. The van der Waals surface area contributed by atoms with Crippen molar-refractivity contribution in [2.75, 3.05) is 0 Å². The molecule has 0 spiro atoms. The van der Waals surface area contributed by atoms with Crippen LogP contribution in [0.25, 0.3) is 22.6 Å². The zero-order valence-electron chi connectivity index (χ0n) is 9.51. The van der Waals surface area contributed by atoms with Gasteiger partial charge >= 0.3 is 5.97 Å². The van der Waals surface area contributed by atoms with Gasteiger partial charge in [-0.3, -0.25) is 0 Å². The summed E-state index contributed by atoms with van der Waals surface area (Å²) < 4.78 is 5.62. The highest BCUT2D eigenvalue weighted by Gasteiger charge is 2.13. The van der Waals surface area contributed by atoms with Gasteiger partial charge < -0.3 is 9.52 Å². The Balaban J connectivity index is 2.17. The Morgan fingerprint density at radius 1 is 1.39 bits per heavy atom. The number of benzene rings is 1. The molecule has 0 bridgehead atoms. The lowest BCUT2D eigenvalue weighted by Gasteiger charge is -1.91. The number of nitrogens with zero attached hydrogens (tertiary/aromatic N) is 1. The van der Waals surface area contributed by atoms with E-state index in [0.29, 0.717) is 17.0 Å². The van der Waals surface area contributed by atoms with Gasteiger partial charge in [0.25, 0.3) is 0 Å². The third kappa shape index (κ3) is 1.69. The molecule has 0 atom stereocenters. The number of carboxylic acid groups (broad SMARTS) is 1. The fraction of sp³-hybridized carbons (Fsp3) is 0.0769. The molecule has 0 amide bonds. The van der Waals surface area contributed by atoms with E-state index < -0.39 is 5.97 Å². The zero-order valence-corrected chi connectivity index (χ0v) is 10.3. The molecule has 0 fully saturated rings. The maximum atomic E-state index is 10.9. The van der Waals surface area contributed by atoms with E-state index in [1.54, 1.807) is 17.4 Å². The van der Waals surface area contributed by atoms with Crippen molar-refractivity contribution in [2.45, 2.75) is 6.92 Å². The van der Waals surface area contributed by atoms with E-state index in [-0.39, 0.29) is 5.56 Å². The van der Waals surface area contributed by atoms with Gasteiger partial charge in [0.2, 0.25) is 5.89 Å². The fourth-order valence-electron chi connectivity index (χ4n) is 1.75. The van der Waals surface area contributed by atoms with Crippen molar-refractivity contribution in [1.82, 2.24) is 4.98 Å². The number of hydrogen-bond acceptors (Lipinski definition) is 4. The Morgan fingerprint density at radius 3 is 2.89 bits per heavy atom. The van der Waals surface area contributed by atoms with Gasteiger partial charge in [0.15, 0.2) is 5.58 Å². The predicted molar refractivity (Wildman–Crippen MR) is 69.0 cm³/mol. The van der Waals surface area contributed by atoms with Gasteiger partial charge in [-0.05, 0) is 36.1 Å². The SMILES string of the molecule is Cc1cscc1-c1nc2ccc(C(=O)O)cc2o1. The van der Waals surface area contributed by atoms with E-state index in [4.69, 9.17) is 9.52 Å². The minimum Gasteiger partial charge on any atom is -0.478 e. The highest BCUT2D eigenvalue weighted by molar-refractivity contribution is 7.08. The summed E-state index contributed by atoms with van der Waals surface area (Å²) in [6, 6.07) is 4.68. The number of fused-ring (bicyclic) bond motifs is 1. The molecule has 1 N–H and O–H groups in total. The second-order valence-electron chi connectivity index (χ2n) is 3.98. The Labute approximate surface area is 107 Å². The molecular weight excluding hydrogens is 250 g/mol. The van der Waals surface area contributed by atoms with Crippen LogP contribution < -0.4 is 0 Å². The topological polar surface area (TPSA) is 63.3 Å².